The van der Waals surface area contributed by atoms with Crippen molar-refractivity contribution in [2.24, 2.45) is 5.73 Å². The first-order chi connectivity index (χ1) is 12.0. The monoisotopic (exact) mass is 356 g/mol. The van der Waals surface area contributed by atoms with Gasteiger partial charge in [0.25, 0.3) is 11.5 Å². The summed E-state index contributed by atoms with van der Waals surface area (Å²) < 4.78 is 1.86. The van der Waals surface area contributed by atoms with Crippen molar-refractivity contribution in [1.29, 1.82) is 0 Å². The highest BCUT2D eigenvalue weighted by molar-refractivity contribution is 7.12. The van der Waals surface area contributed by atoms with Gasteiger partial charge in [0.15, 0.2) is 0 Å². The summed E-state index contributed by atoms with van der Waals surface area (Å²) in [6, 6.07) is 3.58. The first-order valence-corrected chi connectivity index (χ1v) is 8.93. The number of amides is 1. The smallest absolute Gasteiger partial charge is 0.259 e. The number of nitrogens with two attached hydrogens (primary N) is 1. The maximum Gasteiger partial charge on any atom is 0.259 e. The molecule has 25 heavy (non-hydrogen) atoms. The summed E-state index contributed by atoms with van der Waals surface area (Å²) in [7, 11) is 0. The molecule has 1 amide bonds. The number of thiophene rings is 1. The molecule has 3 aromatic heterocycles. The Labute approximate surface area is 146 Å². The molecule has 1 aliphatic rings. The van der Waals surface area contributed by atoms with Crippen molar-refractivity contribution in [2.45, 2.75) is 31.7 Å². The highest BCUT2D eigenvalue weighted by Crippen LogP contribution is 2.34. The van der Waals surface area contributed by atoms with Crippen LogP contribution < -0.4 is 11.3 Å². The van der Waals surface area contributed by atoms with Gasteiger partial charge >= 0.3 is 0 Å². The van der Waals surface area contributed by atoms with E-state index in [4.69, 9.17) is 5.73 Å². The summed E-state index contributed by atoms with van der Waals surface area (Å²) in [5.74, 6) is -0.227. The molecule has 1 fully saturated rings. The van der Waals surface area contributed by atoms with E-state index in [-0.39, 0.29) is 17.4 Å². The van der Waals surface area contributed by atoms with Crippen molar-refractivity contribution in [3.05, 3.63) is 38.9 Å². The lowest BCUT2D eigenvalue weighted by atomic mass is 9.94. The minimum Gasteiger partial charge on any atom is -0.365 e. The van der Waals surface area contributed by atoms with Crippen LogP contribution in [0, 0.1) is 0 Å². The average molecular weight is 356 g/mol. The number of nitrogens with one attached hydrogen (secondary N) is 1. The molecule has 1 saturated carbocycles. The van der Waals surface area contributed by atoms with E-state index < -0.39 is 5.91 Å². The third-order valence-electron chi connectivity index (χ3n) is 4.60. The highest BCUT2D eigenvalue weighted by Gasteiger charge is 2.25. The van der Waals surface area contributed by atoms with Gasteiger partial charge in [-0.2, -0.15) is 5.10 Å². The molecule has 0 atom stereocenters. The fourth-order valence-electron chi connectivity index (χ4n) is 3.34. The van der Waals surface area contributed by atoms with E-state index in [1.807, 2.05) is 10.7 Å². The number of ketones is 1. The van der Waals surface area contributed by atoms with Gasteiger partial charge < -0.3 is 10.7 Å². The molecule has 0 unspecified atom stereocenters. The fourth-order valence-corrected chi connectivity index (χ4v) is 4.08. The average Bonchev–Trinajstić information content (AvgIpc) is 3.21. The van der Waals surface area contributed by atoms with Crippen molar-refractivity contribution in [3.8, 4) is 11.3 Å². The van der Waals surface area contributed by atoms with E-state index >= 15 is 0 Å². The van der Waals surface area contributed by atoms with E-state index in [9.17, 15) is 14.4 Å². The maximum atomic E-state index is 12.4. The number of H-pyrrole nitrogens is 1. The molecular weight excluding hydrogens is 340 g/mol. The number of rotatable bonds is 3. The number of Topliss-reactive ketones (excluding diaryl/α,β-unsaturated/α-hetero) is 1. The minimum atomic E-state index is -0.500. The van der Waals surface area contributed by atoms with Crippen LogP contribution in [0.3, 0.4) is 0 Å². The SMILES string of the molecule is NC(=O)c1cc(-c2nn(C3CCC(=O)CC3)c3cc[nH]c(=O)c23)cs1. The third-order valence-corrected chi connectivity index (χ3v) is 5.55. The van der Waals surface area contributed by atoms with Crippen LogP contribution >= 0.6 is 11.3 Å². The van der Waals surface area contributed by atoms with Crippen molar-refractivity contribution >= 4 is 33.9 Å². The van der Waals surface area contributed by atoms with Crippen LogP contribution in [0.1, 0.15) is 41.4 Å². The molecular formula is C17H16N4O3S. The predicted molar refractivity (Wildman–Crippen MR) is 94.7 cm³/mol. The largest absolute Gasteiger partial charge is 0.365 e. The summed E-state index contributed by atoms with van der Waals surface area (Å²) in [6.45, 7) is 0. The normalized spacial score (nSPS) is 15.8. The molecule has 128 valence electrons. The number of fused-ring (bicyclic) bond motifs is 1. The lowest BCUT2D eigenvalue weighted by Gasteiger charge is -2.22. The quantitative estimate of drug-likeness (QED) is 0.749. The highest BCUT2D eigenvalue weighted by atomic mass is 32.1. The van der Waals surface area contributed by atoms with Crippen LogP contribution in [0.2, 0.25) is 0 Å². The van der Waals surface area contributed by atoms with E-state index in [1.54, 1.807) is 17.6 Å². The number of carbonyl (C=O) groups excluding carboxylic acids is 2. The van der Waals surface area contributed by atoms with Gasteiger partial charge in [-0.3, -0.25) is 19.1 Å². The number of pyridine rings is 1. The fraction of sp³-hybridized carbons (Fsp3) is 0.294. The lowest BCUT2D eigenvalue weighted by Crippen LogP contribution is -2.19. The first kappa shape index (κ1) is 15.8. The van der Waals surface area contributed by atoms with Crippen LogP contribution in [0.15, 0.2) is 28.5 Å². The predicted octanol–water partition coefficient (Wildman–Crippen LogP) is 2.24. The molecule has 3 heterocycles. The van der Waals surface area contributed by atoms with Gasteiger partial charge in [0, 0.05) is 30.0 Å². The molecule has 1 aliphatic carbocycles. The van der Waals surface area contributed by atoms with Gasteiger partial charge in [0.1, 0.15) is 11.5 Å². The second-order valence-corrected chi connectivity index (χ2v) is 7.11. The Morgan fingerprint density at radius 1 is 1.32 bits per heavy atom. The number of aromatic amines is 1. The summed E-state index contributed by atoms with van der Waals surface area (Å²) in [5.41, 5.74) is 7.08. The Morgan fingerprint density at radius 2 is 2.08 bits per heavy atom. The van der Waals surface area contributed by atoms with Gasteiger partial charge in [-0.15, -0.1) is 11.3 Å². The number of nitrogens with zero attached hydrogens (tertiary/aromatic N) is 2. The Kier molecular flexibility index (Phi) is 3.76. The summed E-state index contributed by atoms with van der Waals surface area (Å²) in [6.07, 6.45) is 4.11. The zero-order chi connectivity index (χ0) is 17.6. The Hall–Kier alpha value is -2.74. The van der Waals surface area contributed by atoms with E-state index in [0.29, 0.717) is 34.4 Å². The zero-order valence-corrected chi connectivity index (χ0v) is 14.1. The van der Waals surface area contributed by atoms with Gasteiger partial charge in [-0.1, -0.05) is 0 Å². The van der Waals surface area contributed by atoms with Crippen molar-refractivity contribution < 1.29 is 9.59 Å². The molecule has 0 spiro atoms. The van der Waals surface area contributed by atoms with Crippen LogP contribution in [0.25, 0.3) is 22.2 Å². The standard InChI is InChI=1S/C17H16N4O3S/c18-16(23)13-7-9(8-25-13)15-14-12(5-6-19-17(14)24)21(20-15)10-1-3-11(22)4-2-10/h5-8,10H,1-4H2,(H2,18,23)(H,19,24). The number of carbonyl (C=O) groups is 2. The molecule has 7 nitrogen and oxygen atoms in total. The molecule has 8 heteroatoms. The van der Waals surface area contributed by atoms with Crippen LogP contribution in [0.4, 0.5) is 0 Å². The molecule has 3 aromatic rings. The van der Waals surface area contributed by atoms with E-state index in [2.05, 4.69) is 10.1 Å². The summed E-state index contributed by atoms with van der Waals surface area (Å²) >= 11 is 1.23. The minimum absolute atomic E-state index is 0.0880. The summed E-state index contributed by atoms with van der Waals surface area (Å²) in [4.78, 5) is 38.4. The maximum absolute atomic E-state index is 12.4. The van der Waals surface area contributed by atoms with Crippen molar-refractivity contribution in [1.82, 2.24) is 14.8 Å². The number of primary amides is 1. The molecule has 4 rings (SSSR count). The van der Waals surface area contributed by atoms with Crippen LogP contribution in [-0.4, -0.2) is 26.5 Å². The van der Waals surface area contributed by atoms with E-state index in [1.165, 1.54) is 11.3 Å². The Balaban J connectivity index is 1.88. The number of hydrogen-bond acceptors (Lipinski definition) is 5. The van der Waals surface area contributed by atoms with Crippen LogP contribution in [-0.2, 0) is 4.79 Å². The Morgan fingerprint density at radius 3 is 2.76 bits per heavy atom. The molecule has 0 bridgehead atoms. The number of hydrogen-bond donors (Lipinski definition) is 2. The topological polar surface area (TPSA) is 111 Å². The van der Waals surface area contributed by atoms with Gasteiger partial charge in [0.2, 0.25) is 0 Å². The van der Waals surface area contributed by atoms with Gasteiger partial charge in [-0.25, -0.2) is 0 Å². The van der Waals surface area contributed by atoms with E-state index in [0.717, 1.165) is 18.4 Å². The van der Waals surface area contributed by atoms with Gasteiger partial charge in [0.05, 0.1) is 21.8 Å². The van der Waals surface area contributed by atoms with Crippen molar-refractivity contribution in [3.63, 3.8) is 0 Å². The second kappa shape index (κ2) is 5.96. The number of aromatic nitrogens is 3. The Bertz CT molecular complexity index is 1040. The second-order valence-electron chi connectivity index (χ2n) is 6.19. The third kappa shape index (κ3) is 2.68. The molecule has 0 aliphatic heterocycles. The molecule has 0 saturated heterocycles. The molecule has 3 N–H and O–H groups in total. The zero-order valence-electron chi connectivity index (χ0n) is 13.3. The summed E-state index contributed by atoms with van der Waals surface area (Å²) in [5, 5.41) is 6.96. The van der Waals surface area contributed by atoms with Crippen molar-refractivity contribution in [2.75, 3.05) is 0 Å². The van der Waals surface area contributed by atoms with Crippen LogP contribution in [0.5, 0.6) is 0 Å². The molecule has 0 aromatic carbocycles. The first-order valence-electron chi connectivity index (χ1n) is 8.05. The molecule has 0 radical (unpaired) electrons. The van der Waals surface area contributed by atoms with Gasteiger partial charge in [-0.05, 0) is 25.0 Å². The lowest BCUT2D eigenvalue weighted by molar-refractivity contribution is -0.120.